The molecule has 0 aliphatic rings. The molecule has 0 radical (unpaired) electrons. The molecule has 0 aromatic rings. The Morgan fingerprint density at radius 1 is 0.952 bits per heavy atom. The first-order valence-corrected chi connectivity index (χ1v) is 11.6. The lowest BCUT2D eigenvalue weighted by atomic mass is 9.98. The van der Waals surface area contributed by atoms with Crippen LogP contribution in [0.15, 0.2) is 11.1 Å². The van der Waals surface area contributed by atoms with Crippen LogP contribution in [-0.2, 0) is 0 Å². The molecule has 0 aromatic heterocycles. The Morgan fingerprint density at radius 2 is 1.52 bits per heavy atom. The highest BCUT2D eigenvalue weighted by molar-refractivity contribution is 6.83. The van der Waals surface area contributed by atoms with Gasteiger partial charge >= 0.3 is 0 Å². The fraction of sp³-hybridized carbons (Fsp3) is 0.684. The molecule has 0 saturated carbocycles. The molecular formula is C19H32OSi. The van der Waals surface area contributed by atoms with Crippen LogP contribution in [-0.4, -0.2) is 18.8 Å². The summed E-state index contributed by atoms with van der Waals surface area (Å²) >= 11 is 0. The largest absolute Gasteiger partial charge is 0.378 e. The van der Waals surface area contributed by atoms with Crippen LogP contribution in [0.5, 0.6) is 0 Å². The number of rotatable bonds is 5. The van der Waals surface area contributed by atoms with E-state index in [1.807, 2.05) is 0 Å². The van der Waals surface area contributed by atoms with Crippen LogP contribution >= 0.6 is 0 Å². The molecule has 0 aromatic carbocycles. The maximum absolute atomic E-state index is 9.84. The molecule has 118 valence electrons. The number of hydrogen-bond acceptors (Lipinski definition) is 1. The maximum atomic E-state index is 9.84. The first-order chi connectivity index (χ1) is 9.59. The molecule has 0 unspecified atom stereocenters. The van der Waals surface area contributed by atoms with Crippen LogP contribution in [0.2, 0.25) is 19.6 Å². The van der Waals surface area contributed by atoms with Crippen LogP contribution in [0.1, 0.15) is 59.8 Å². The third-order valence-electron chi connectivity index (χ3n) is 2.75. The van der Waals surface area contributed by atoms with Crippen LogP contribution in [0.4, 0.5) is 0 Å². The minimum atomic E-state index is -1.38. The summed E-state index contributed by atoms with van der Waals surface area (Å²) in [6.45, 7) is 14.6. The minimum Gasteiger partial charge on any atom is -0.378 e. The molecule has 1 N–H and O–H groups in total. The van der Waals surface area contributed by atoms with E-state index in [0.717, 1.165) is 37.7 Å². The van der Waals surface area contributed by atoms with Gasteiger partial charge in [-0.05, 0) is 33.1 Å². The van der Waals surface area contributed by atoms with Crippen molar-refractivity contribution < 1.29 is 5.11 Å². The molecule has 21 heavy (non-hydrogen) atoms. The highest BCUT2D eigenvalue weighted by Gasteiger charge is 2.10. The lowest BCUT2D eigenvalue weighted by Crippen LogP contribution is -2.16. The van der Waals surface area contributed by atoms with E-state index in [1.54, 1.807) is 13.8 Å². The van der Waals surface area contributed by atoms with Crippen molar-refractivity contribution >= 4 is 8.07 Å². The molecular weight excluding hydrogens is 272 g/mol. The Morgan fingerprint density at radius 3 is 1.95 bits per heavy atom. The Kier molecular flexibility index (Phi) is 8.72. The van der Waals surface area contributed by atoms with Crippen molar-refractivity contribution in [2.24, 2.45) is 0 Å². The van der Waals surface area contributed by atoms with E-state index in [2.05, 4.69) is 56.8 Å². The quantitative estimate of drug-likeness (QED) is 0.564. The molecule has 0 heterocycles. The summed E-state index contributed by atoms with van der Waals surface area (Å²) in [6, 6.07) is 0. The Labute approximate surface area is 133 Å². The van der Waals surface area contributed by atoms with Gasteiger partial charge < -0.3 is 5.11 Å². The monoisotopic (exact) mass is 304 g/mol. The number of hydrogen-bond donors (Lipinski definition) is 1. The van der Waals surface area contributed by atoms with Crippen molar-refractivity contribution in [2.75, 3.05) is 0 Å². The molecule has 0 bridgehead atoms. The number of unbranched alkanes of at least 4 members (excludes halogenated alkanes) is 1. The van der Waals surface area contributed by atoms with E-state index in [0.29, 0.717) is 0 Å². The van der Waals surface area contributed by atoms with Gasteiger partial charge in [-0.2, -0.15) is 0 Å². The number of allylic oxidation sites excluding steroid dienone is 2. The number of aliphatic hydroxyl groups is 1. The highest BCUT2D eigenvalue weighted by atomic mass is 28.3. The van der Waals surface area contributed by atoms with E-state index in [4.69, 9.17) is 0 Å². The van der Waals surface area contributed by atoms with Crippen molar-refractivity contribution in [3.8, 4) is 23.3 Å². The second kappa shape index (κ2) is 9.14. The predicted octanol–water partition coefficient (Wildman–Crippen LogP) is 4.93. The summed E-state index contributed by atoms with van der Waals surface area (Å²) in [5.74, 6) is 9.58. The zero-order chi connectivity index (χ0) is 16.5. The van der Waals surface area contributed by atoms with Crippen molar-refractivity contribution in [1.29, 1.82) is 0 Å². The van der Waals surface area contributed by atoms with E-state index in [-0.39, 0.29) is 0 Å². The van der Waals surface area contributed by atoms with Gasteiger partial charge in [0.2, 0.25) is 0 Å². The lowest BCUT2D eigenvalue weighted by molar-refractivity contribution is 0.143. The first-order valence-electron chi connectivity index (χ1n) is 8.09. The third-order valence-corrected chi connectivity index (χ3v) is 3.63. The van der Waals surface area contributed by atoms with E-state index in [9.17, 15) is 5.11 Å². The van der Waals surface area contributed by atoms with Gasteiger partial charge in [0, 0.05) is 11.1 Å². The molecule has 0 spiro atoms. The summed E-state index contributed by atoms with van der Waals surface area (Å²) in [5.41, 5.74) is 4.83. The Hall–Kier alpha value is -0.963. The third kappa shape index (κ3) is 11.4. The van der Waals surface area contributed by atoms with Crippen molar-refractivity contribution in [3.63, 3.8) is 0 Å². The second-order valence-corrected chi connectivity index (χ2v) is 11.9. The van der Waals surface area contributed by atoms with Gasteiger partial charge in [0.05, 0.1) is 0 Å². The van der Waals surface area contributed by atoms with Gasteiger partial charge in [0.1, 0.15) is 13.7 Å². The van der Waals surface area contributed by atoms with E-state index >= 15 is 0 Å². The predicted molar refractivity (Wildman–Crippen MR) is 96.7 cm³/mol. The molecule has 0 atom stereocenters. The highest BCUT2D eigenvalue weighted by Crippen LogP contribution is 2.17. The molecule has 1 nitrogen and oxygen atoms in total. The summed E-state index contributed by atoms with van der Waals surface area (Å²) in [6.07, 6.45) is 5.30. The average molecular weight is 305 g/mol. The average Bonchev–Trinajstić information content (AvgIpc) is 2.33. The standard InChI is InChI=1S/C19H32OSi/c1-8-10-12-18(13-15-19(3,4)20)17(11-9-2)14-16-21(5,6)7/h20H,8-12H2,1-7H3/b18-17+. The Bertz CT molecular complexity index is 464. The Balaban J connectivity index is 5.66. The smallest absolute Gasteiger partial charge is 0.129 e. The van der Waals surface area contributed by atoms with Gasteiger partial charge in [-0.3, -0.25) is 0 Å². The molecule has 0 aliphatic heterocycles. The minimum absolute atomic E-state index is 0.943. The van der Waals surface area contributed by atoms with Crippen LogP contribution in [0.3, 0.4) is 0 Å². The molecule has 2 heteroatoms. The summed E-state index contributed by atoms with van der Waals surface area (Å²) in [5, 5.41) is 9.84. The normalized spacial score (nSPS) is 12.8. The van der Waals surface area contributed by atoms with Crippen LogP contribution in [0.25, 0.3) is 0 Å². The summed E-state index contributed by atoms with van der Waals surface area (Å²) in [4.78, 5) is 0. The van der Waals surface area contributed by atoms with E-state index < -0.39 is 13.7 Å². The van der Waals surface area contributed by atoms with Crippen molar-refractivity contribution in [2.45, 2.75) is 85.0 Å². The molecule has 0 aliphatic carbocycles. The van der Waals surface area contributed by atoms with Crippen LogP contribution < -0.4 is 0 Å². The van der Waals surface area contributed by atoms with Gasteiger partial charge in [-0.1, -0.05) is 64.1 Å². The lowest BCUT2D eigenvalue weighted by Gasteiger charge is -2.10. The van der Waals surface area contributed by atoms with Gasteiger partial charge in [0.25, 0.3) is 0 Å². The zero-order valence-electron chi connectivity index (χ0n) is 15.0. The van der Waals surface area contributed by atoms with Gasteiger partial charge in [-0.25, -0.2) is 0 Å². The fourth-order valence-corrected chi connectivity index (χ4v) is 2.20. The molecule has 0 fully saturated rings. The van der Waals surface area contributed by atoms with Crippen molar-refractivity contribution in [1.82, 2.24) is 0 Å². The molecule has 0 rings (SSSR count). The van der Waals surface area contributed by atoms with Gasteiger partial charge in [-0.15, -0.1) is 5.54 Å². The summed E-state index contributed by atoms with van der Waals surface area (Å²) in [7, 11) is -1.38. The van der Waals surface area contributed by atoms with Gasteiger partial charge in [0.15, 0.2) is 0 Å². The first kappa shape index (κ1) is 20.0. The fourth-order valence-electron chi connectivity index (χ4n) is 1.67. The van der Waals surface area contributed by atoms with Crippen molar-refractivity contribution in [3.05, 3.63) is 11.1 Å². The molecule has 0 saturated heterocycles. The van der Waals surface area contributed by atoms with E-state index in [1.165, 1.54) is 5.57 Å². The SMILES string of the molecule is CCCC/C(C#CC(C)(C)O)=C(\C#C[Si](C)(C)C)CCC. The second-order valence-electron chi connectivity index (χ2n) is 7.12. The zero-order valence-corrected chi connectivity index (χ0v) is 16.0. The maximum Gasteiger partial charge on any atom is 0.129 e. The summed E-state index contributed by atoms with van der Waals surface area (Å²) < 4.78 is 0. The molecule has 0 amide bonds. The van der Waals surface area contributed by atoms with Crippen LogP contribution in [0, 0.1) is 23.3 Å². The topological polar surface area (TPSA) is 20.2 Å².